The highest BCUT2D eigenvalue weighted by molar-refractivity contribution is 7.09. The van der Waals surface area contributed by atoms with Crippen LogP contribution < -0.4 is 0 Å². The molecule has 1 aromatic heterocycles. The highest BCUT2D eigenvalue weighted by atomic mass is 35.5. The zero-order valence-corrected chi connectivity index (χ0v) is 10.3. The number of ketones is 1. The lowest BCUT2D eigenvalue weighted by Crippen LogP contribution is -2.07. The number of halogens is 1. The van der Waals surface area contributed by atoms with Crippen LogP contribution in [0.2, 0.25) is 0 Å². The number of hydrogen-bond donors (Lipinski definition) is 0. The lowest BCUT2D eigenvalue weighted by Gasteiger charge is -2.06. The molecule has 16 heavy (non-hydrogen) atoms. The average molecular weight is 252 g/mol. The van der Waals surface area contributed by atoms with Gasteiger partial charge in [-0.15, -0.1) is 22.9 Å². The molecule has 2 aromatic rings. The summed E-state index contributed by atoms with van der Waals surface area (Å²) in [6.07, 6.45) is 0. The first-order valence-corrected chi connectivity index (χ1v) is 6.15. The van der Waals surface area contributed by atoms with Gasteiger partial charge in [0.1, 0.15) is 11.1 Å². The number of alkyl halides is 1. The maximum Gasteiger partial charge on any atom is 0.204 e. The molecular weight excluding hydrogens is 242 g/mol. The fourth-order valence-electron chi connectivity index (χ4n) is 1.38. The molecule has 82 valence electrons. The standard InChI is InChI=1S/C12H10ClNOS/c1-8-14-10(7-16-8)12(15)11(13)9-5-3-2-4-6-9/h2-7,11H,1H3. The van der Waals surface area contributed by atoms with Gasteiger partial charge in [0.25, 0.3) is 0 Å². The first kappa shape index (κ1) is 11.3. The van der Waals surface area contributed by atoms with E-state index < -0.39 is 5.38 Å². The SMILES string of the molecule is Cc1nc(C(=O)C(Cl)c2ccccc2)cs1. The predicted molar refractivity (Wildman–Crippen MR) is 66.2 cm³/mol. The molecule has 2 rings (SSSR count). The maximum atomic E-state index is 12.0. The number of carbonyl (C=O) groups excluding carboxylic acids is 1. The lowest BCUT2D eigenvalue weighted by atomic mass is 10.1. The van der Waals surface area contributed by atoms with Crippen LogP contribution in [0.5, 0.6) is 0 Å². The molecule has 0 aliphatic carbocycles. The molecule has 0 saturated heterocycles. The first-order chi connectivity index (χ1) is 7.68. The lowest BCUT2D eigenvalue weighted by molar-refractivity contribution is 0.0983. The third-order valence-electron chi connectivity index (χ3n) is 2.19. The molecule has 0 saturated carbocycles. The van der Waals surface area contributed by atoms with Crippen LogP contribution in [-0.4, -0.2) is 10.8 Å². The minimum Gasteiger partial charge on any atom is -0.290 e. The third-order valence-corrected chi connectivity index (χ3v) is 3.42. The Morgan fingerprint density at radius 1 is 1.38 bits per heavy atom. The highest BCUT2D eigenvalue weighted by Gasteiger charge is 2.21. The number of hydrogen-bond acceptors (Lipinski definition) is 3. The van der Waals surface area contributed by atoms with Gasteiger partial charge in [0.05, 0.1) is 5.01 Å². The van der Waals surface area contributed by atoms with Gasteiger partial charge in [-0.05, 0) is 12.5 Å². The molecule has 0 bridgehead atoms. The van der Waals surface area contributed by atoms with E-state index in [0.717, 1.165) is 10.6 Å². The van der Waals surface area contributed by atoms with Gasteiger partial charge in [0.2, 0.25) is 5.78 Å². The Bertz CT molecular complexity index is 495. The molecule has 1 atom stereocenters. The summed E-state index contributed by atoms with van der Waals surface area (Å²) in [6.45, 7) is 1.87. The fourth-order valence-corrected chi connectivity index (χ4v) is 2.24. The van der Waals surface area contributed by atoms with Crippen LogP contribution in [0.25, 0.3) is 0 Å². The van der Waals surface area contributed by atoms with E-state index >= 15 is 0 Å². The van der Waals surface area contributed by atoms with Crippen molar-refractivity contribution in [1.82, 2.24) is 4.98 Å². The Labute approximate surface area is 103 Å². The van der Waals surface area contributed by atoms with Crippen LogP contribution in [0.4, 0.5) is 0 Å². The highest BCUT2D eigenvalue weighted by Crippen LogP contribution is 2.25. The summed E-state index contributed by atoms with van der Waals surface area (Å²) < 4.78 is 0. The average Bonchev–Trinajstić information content (AvgIpc) is 2.75. The molecule has 1 unspecified atom stereocenters. The van der Waals surface area contributed by atoms with Gasteiger partial charge in [-0.2, -0.15) is 0 Å². The largest absolute Gasteiger partial charge is 0.290 e. The molecule has 4 heteroatoms. The van der Waals surface area contributed by atoms with Crippen molar-refractivity contribution < 1.29 is 4.79 Å². The molecular formula is C12H10ClNOS. The predicted octanol–water partition coefficient (Wildman–Crippen LogP) is 3.61. The molecule has 0 N–H and O–H groups in total. The molecule has 0 fully saturated rings. The Hall–Kier alpha value is -1.19. The fraction of sp³-hybridized carbons (Fsp3) is 0.167. The van der Waals surface area contributed by atoms with Crippen LogP contribution >= 0.6 is 22.9 Å². The Morgan fingerprint density at radius 3 is 2.62 bits per heavy atom. The molecule has 1 aromatic carbocycles. The summed E-state index contributed by atoms with van der Waals surface area (Å²) in [7, 11) is 0. The third kappa shape index (κ3) is 2.31. The zero-order valence-electron chi connectivity index (χ0n) is 8.68. The van der Waals surface area contributed by atoms with E-state index in [2.05, 4.69) is 4.98 Å². The summed E-state index contributed by atoms with van der Waals surface area (Å²) in [5, 5.41) is 1.97. The molecule has 0 radical (unpaired) electrons. The minimum atomic E-state index is -0.650. The molecule has 0 aliphatic rings. The van der Waals surface area contributed by atoms with E-state index in [1.165, 1.54) is 11.3 Å². The van der Waals surface area contributed by atoms with Crippen LogP contribution in [-0.2, 0) is 0 Å². The minimum absolute atomic E-state index is 0.141. The van der Waals surface area contributed by atoms with Crippen molar-refractivity contribution >= 4 is 28.7 Å². The van der Waals surface area contributed by atoms with Gasteiger partial charge in [-0.3, -0.25) is 4.79 Å². The normalized spacial score (nSPS) is 12.4. The molecule has 2 nitrogen and oxygen atoms in total. The van der Waals surface area contributed by atoms with E-state index in [0.29, 0.717) is 5.69 Å². The Morgan fingerprint density at radius 2 is 2.06 bits per heavy atom. The number of carbonyl (C=O) groups is 1. The number of aromatic nitrogens is 1. The van der Waals surface area contributed by atoms with Gasteiger partial charge < -0.3 is 0 Å². The van der Waals surface area contributed by atoms with Crippen LogP contribution in [0, 0.1) is 6.92 Å². The van der Waals surface area contributed by atoms with Gasteiger partial charge in [-0.1, -0.05) is 30.3 Å². The monoisotopic (exact) mass is 251 g/mol. The van der Waals surface area contributed by atoms with Gasteiger partial charge in [0.15, 0.2) is 0 Å². The second-order valence-electron chi connectivity index (χ2n) is 3.39. The van der Waals surface area contributed by atoms with E-state index in [9.17, 15) is 4.79 Å². The maximum absolute atomic E-state index is 12.0. The number of thiazole rings is 1. The first-order valence-electron chi connectivity index (χ1n) is 4.84. The summed E-state index contributed by atoms with van der Waals surface area (Å²) in [5.74, 6) is -0.141. The summed E-state index contributed by atoms with van der Waals surface area (Å²) in [6, 6.07) is 9.31. The van der Waals surface area contributed by atoms with Gasteiger partial charge in [0, 0.05) is 5.38 Å². The molecule has 0 aliphatic heterocycles. The van der Waals surface area contributed by atoms with Crippen molar-refractivity contribution in [2.24, 2.45) is 0 Å². The number of rotatable bonds is 3. The zero-order chi connectivity index (χ0) is 11.5. The van der Waals surface area contributed by atoms with Crippen molar-refractivity contribution in [2.45, 2.75) is 12.3 Å². The van der Waals surface area contributed by atoms with E-state index in [1.54, 1.807) is 5.38 Å². The Kier molecular flexibility index (Phi) is 3.36. The van der Waals surface area contributed by atoms with E-state index in [4.69, 9.17) is 11.6 Å². The summed E-state index contributed by atoms with van der Waals surface area (Å²) in [5.41, 5.74) is 1.26. The van der Waals surface area contributed by atoms with Crippen molar-refractivity contribution in [3.05, 3.63) is 52.0 Å². The Balaban J connectivity index is 2.23. The molecule has 0 amide bonds. The summed E-state index contributed by atoms with van der Waals surface area (Å²) in [4.78, 5) is 16.1. The van der Waals surface area contributed by atoms with Gasteiger partial charge in [-0.25, -0.2) is 4.98 Å². The second kappa shape index (κ2) is 4.76. The topological polar surface area (TPSA) is 30.0 Å². The second-order valence-corrected chi connectivity index (χ2v) is 4.89. The molecule has 0 spiro atoms. The van der Waals surface area contributed by atoms with Gasteiger partial charge >= 0.3 is 0 Å². The van der Waals surface area contributed by atoms with E-state index in [1.807, 2.05) is 37.3 Å². The quantitative estimate of drug-likeness (QED) is 0.616. The van der Waals surface area contributed by atoms with Crippen LogP contribution in [0.15, 0.2) is 35.7 Å². The molecule has 1 heterocycles. The number of nitrogens with zero attached hydrogens (tertiary/aromatic N) is 1. The van der Waals surface area contributed by atoms with E-state index in [-0.39, 0.29) is 5.78 Å². The van der Waals surface area contributed by atoms with Crippen molar-refractivity contribution in [3.8, 4) is 0 Å². The summed E-state index contributed by atoms with van der Waals surface area (Å²) >= 11 is 7.57. The van der Waals surface area contributed by atoms with Crippen LogP contribution in [0.3, 0.4) is 0 Å². The number of benzene rings is 1. The smallest absolute Gasteiger partial charge is 0.204 e. The van der Waals surface area contributed by atoms with Crippen molar-refractivity contribution in [2.75, 3.05) is 0 Å². The van der Waals surface area contributed by atoms with Crippen LogP contribution in [0.1, 0.15) is 26.4 Å². The number of aryl methyl sites for hydroxylation is 1. The number of Topliss-reactive ketones (excluding diaryl/α,β-unsaturated/α-hetero) is 1. The van der Waals surface area contributed by atoms with Crippen molar-refractivity contribution in [1.29, 1.82) is 0 Å². The van der Waals surface area contributed by atoms with Crippen molar-refractivity contribution in [3.63, 3.8) is 0 Å².